The van der Waals surface area contributed by atoms with Crippen LogP contribution in [0.1, 0.15) is 20.8 Å². The fourth-order valence-corrected chi connectivity index (χ4v) is 4.16. The Morgan fingerprint density at radius 3 is 2.69 bits per heavy atom. The van der Waals surface area contributed by atoms with Gasteiger partial charge in [-0.2, -0.15) is 0 Å². The maximum absolute atomic E-state index is 13.8. The van der Waals surface area contributed by atoms with Gasteiger partial charge in [0.15, 0.2) is 11.6 Å². The van der Waals surface area contributed by atoms with E-state index in [9.17, 15) is 14.0 Å². The molecule has 0 amide bonds. The molecule has 146 valence electrons. The molecule has 5 nitrogen and oxygen atoms in total. The van der Waals surface area contributed by atoms with Crippen LogP contribution in [0.25, 0.3) is 10.2 Å². The second kappa shape index (κ2) is 7.77. The Bertz CT molecular complexity index is 1300. The normalized spacial score (nSPS) is 11.0. The summed E-state index contributed by atoms with van der Waals surface area (Å²) in [4.78, 5) is 30.5. The first-order valence-corrected chi connectivity index (χ1v) is 9.84. The second-order valence-electron chi connectivity index (χ2n) is 6.33. The third kappa shape index (κ3) is 3.66. The molecule has 0 fully saturated rings. The second-order valence-corrected chi connectivity index (χ2v) is 7.73. The van der Waals surface area contributed by atoms with Crippen LogP contribution in [0.4, 0.5) is 4.39 Å². The number of fused-ring (bicyclic) bond motifs is 1. The first kappa shape index (κ1) is 19.3. The van der Waals surface area contributed by atoms with E-state index in [0.717, 1.165) is 16.9 Å². The number of para-hydroxylation sites is 1. The van der Waals surface area contributed by atoms with E-state index in [0.29, 0.717) is 20.8 Å². The number of carbonyl (C=O) groups excluding carboxylic acids is 1. The van der Waals surface area contributed by atoms with Crippen molar-refractivity contribution in [1.29, 1.82) is 0 Å². The molecule has 8 heteroatoms. The van der Waals surface area contributed by atoms with Crippen molar-refractivity contribution in [3.8, 4) is 5.75 Å². The van der Waals surface area contributed by atoms with Crippen molar-refractivity contribution in [2.24, 2.45) is 0 Å². The molecule has 0 N–H and O–H groups in total. The Kier molecular flexibility index (Phi) is 5.17. The first-order valence-electron chi connectivity index (χ1n) is 8.64. The predicted octanol–water partition coefficient (Wildman–Crippen LogP) is 4.83. The van der Waals surface area contributed by atoms with Gasteiger partial charge in [-0.1, -0.05) is 41.9 Å². The van der Waals surface area contributed by atoms with Crippen LogP contribution in [0, 0.1) is 12.7 Å². The molecule has 0 saturated carbocycles. The van der Waals surface area contributed by atoms with E-state index in [4.69, 9.17) is 16.3 Å². The average Bonchev–Trinajstić information content (AvgIpc) is 3.05. The summed E-state index contributed by atoms with van der Waals surface area (Å²) in [6.45, 7) is 1.91. The van der Waals surface area contributed by atoms with Gasteiger partial charge in [0.25, 0.3) is 5.56 Å². The molecular weight excluding hydrogens is 415 g/mol. The number of hydrogen-bond donors (Lipinski definition) is 0. The molecule has 0 aliphatic carbocycles. The van der Waals surface area contributed by atoms with Crippen LogP contribution in [0.15, 0.2) is 59.7 Å². The molecule has 0 spiro atoms. The molecule has 0 bridgehead atoms. The number of benzene rings is 2. The third-order valence-corrected chi connectivity index (χ3v) is 5.99. The zero-order valence-electron chi connectivity index (χ0n) is 15.2. The monoisotopic (exact) mass is 428 g/mol. The molecule has 2 aromatic carbocycles. The summed E-state index contributed by atoms with van der Waals surface area (Å²) < 4.78 is 20.4. The van der Waals surface area contributed by atoms with Crippen molar-refractivity contribution in [2.75, 3.05) is 0 Å². The summed E-state index contributed by atoms with van der Waals surface area (Å²) >= 11 is 7.23. The number of hydrogen-bond acceptors (Lipinski definition) is 5. The Balaban J connectivity index is 1.71. The number of rotatable bonds is 4. The van der Waals surface area contributed by atoms with Crippen molar-refractivity contribution in [3.05, 3.63) is 92.1 Å². The van der Waals surface area contributed by atoms with E-state index in [1.165, 1.54) is 29.1 Å². The summed E-state index contributed by atoms with van der Waals surface area (Å²) in [7, 11) is 0. The number of thiophene rings is 1. The van der Waals surface area contributed by atoms with Gasteiger partial charge < -0.3 is 4.74 Å². The number of carbonyl (C=O) groups is 1. The molecule has 0 saturated heterocycles. The fourth-order valence-electron chi connectivity index (χ4n) is 2.95. The highest BCUT2D eigenvalue weighted by atomic mass is 35.5. The largest absolute Gasteiger partial charge is 0.419 e. The number of esters is 1. The van der Waals surface area contributed by atoms with Gasteiger partial charge in [0.1, 0.15) is 9.71 Å². The fraction of sp³-hybridized carbons (Fsp3) is 0.0952. The lowest BCUT2D eigenvalue weighted by atomic mass is 10.2. The van der Waals surface area contributed by atoms with Crippen LogP contribution in [-0.4, -0.2) is 15.5 Å². The molecular formula is C21H14ClFN2O3S. The lowest BCUT2D eigenvalue weighted by Crippen LogP contribution is -2.21. The van der Waals surface area contributed by atoms with Crippen LogP contribution in [0.2, 0.25) is 5.02 Å². The number of halogens is 2. The van der Waals surface area contributed by atoms with Crippen molar-refractivity contribution < 1.29 is 13.9 Å². The van der Waals surface area contributed by atoms with Gasteiger partial charge >= 0.3 is 5.97 Å². The summed E-state index contributed by atoms with van der Waals surface area (Å²) in [6.07, 6.45) is 1.43. The Morgan fingerprint density at radius 1 is 1.21 bits per heavy atom. The topological polar surface area (TPSA) is 61.2 Å². The van der Waals surface area contributed by atoms with Crippen LogP contribution in [0.5, 0.6) is 5.75 Å². The lowest BCUT2D eigenvalue weighted by Gasteiger charge is -2.07. The summed E-state index contributed by atoms with van der Waals surface area (Å²) in [5.74, 6) is -1.54. The highest BCUT2D eigenvalue weighted by molar-refractivity contribution is 7.20. The molecule has 4 rings (SSSR count). The Hall–Kier alpha value is -3.03. The number of aryl methyl sites for hydroxylation is 1. The minimum absolute atomic E-state index is 0.168. The van der Waals surface area contributed by atoms with Gasteiger partial charge in [0, 0.05) is 5.02 Å². The zero-order valence-corrected chi connectivity index (χ0v) is 16.8. The summed E-state index contributed by atoms with van der Waals surface area (Å²) in [5.41, 5.74) is 0.954. The minimum atomic E-state index is -0.729. The zero-order chi connectivity index (χ0) is 20.5. The van der Waals surface area contributed by atoms with Crippen molar-refractivity contribution in [2.45, 2.75) is 13.5 Å². The smallest absolute Gasteiger partial charge is 0.354 e. The van der Waals surface area contributed by atoms with E-state index in [1.807, 2.05) is 18.2 Å². The first-order chi connectivity index (χ1) is 14.0. The number of aromatic nitrogens is 2. The summed E-state index contributed by atoms with van der Waals surface area (Å²) in [6, 6.07) is 12.9. The molecule has 0 unspecified atom stereocenters. The van der Waals surface area contributed by atoms with Gasteiger partial charge in [-0.3, -0.25) is 9.36 Å². The van der Waals surface area contributed by atoms with Crippen LogP contribution in [-0.2, 0) is 6.54 Å². The minimum Gasteiger partial charge on any atom is -0.419 e. The SMILES string of the molecule is Cc1c(C(=O)Oc2ccccc2F)sc2ncn(Cc3ccccc3Cl)c(=O)c12. The molecule has 29 heavy (non-hydrogen) atoms. The number of nitrogens with zero attached hydrogens (tertiary/aromatic N) is 2. The van der Waals surface area contributed by atoms with Gasteiger partial charge in [-0.15, -0.1) is 11.3 Å². The Morgan fingerprint density at radius 2 is 1.93 bits per heavy atom. The molecule has 0 atom stereocenters. The van der Waals surface area contributed by atoms with E-state index in [2.05, 4.69) is 4.98 Å². The highest BCUT2D eigenvalue weighted by Gasteiger charge is 2.22. The highest BCUT2D eigenvalue weighted by Crippen LogP contribution is 2.29. The summed E-state index contributed by atoms with van der Waals surface area (Å²) in [5, 5.41) is 0.890. The molecule has 0 aliphatic rings. The van der Waals surface area contributed by atoms with Gasteiger partial charge in [0.2, 0.25) is 0 Å². The molecule has 0 aliphatic heterocycles. The van der Waals surface area contributed by atoms with Gasteiger partial charge in [-0.25, -0.2) is 14.2 Å². The van der Waals surface area contributed by atoms with Crippen molar-refractivity contribution >= 4 is 39.1 Å². The van der Waals surface area contributed by atoms with Gasteiger partial charge in [-0.05, 0) is 36.2 Å². The maximum atomic E-state index is 13.8. The van der Waals surface area contributed by atoms with Gasteiger partial charge in [0.05, 0.1) is 18.3 Å². The molecule has 0 radical (unpaired) electrons. The van der Waals surface area contributed by atoms with Crippen LogP contribution < -0.4 is 10.3 Å². The average molecular weight is 429 g/mol. The lowest BCUT2D eigenvalue weighted by molar-refractivity contribution is 0.0732. The van der Waals surface area contributed by atoms with Crippen molar-refractivity contribution in [3.63, 3.8) is 0 Å². The maximum Gasteiger partial charge on any atom is 0.354 e. The van der Waals surface area contributed by atoms with Crippen molar-refractivity contribution in [1.82, 2.24) is 9.55 Å². The van der Waals surface area contributed by atoms with Crippen LogP contribution in [0.3, 0.4) is 0 Å². The van der Waals surface area contributed by atoms with E-state index >= 15 is 0 Å². The third-order valence-electron chi connectivity index (χ3n) is 4.44. The standard InChI is InChI=1S/C21H14ClFN2O3S/c1-12-17-19(29-18(12)21(27)28-16-9-5-4-8-15(16)23)24-11-25(20(17)26)10-13-6-2-3-7-14(13)22/h2-9,11H,10H2,1H3. The van der Waals surface area contributed by atoms with E-state index < -0.39 is 11.8 Å². The number of ether oxygens (including phenoxy) is 1. The molecule has 2 aromatic heterocycles. The quantitative estimate of drug-likeness (QED) is 0.345. The Labute approximate surface area is 174 Å². The molecule has 4 aromatic rings. The molecule has 2 heterocycles. The van der Waals surface area contributed by atoms with E-state index in [1.54, 1.807) is 19.1 Å². The predicted molar refractivity (Wildman–Crippen MR) is 111 cm³/mol. The van der Waals surface area contributed by atoms with E-state index in [-0.39, 0.29) is 22.7 Å². The van der Waals surface area contributed by atoms with Crippen LogP contribution >= 0.6 is 22.9 Å².